The van der Waals surface area contributed by atoms with E-state index in [1.807, 2.05) is 13.1 Å². The number of ether oxygens (including phenoxy) is 2. The van der Waals surface area contributed by atoms with E-state index in [0.29, 0.717) is 17.9 Å². The number of amides is 1. The summed E-state index contributed by atoms with van der Waals surface area (Å²) in [5.41, 5.74) is 0.584. The number of benzene rings is 1. The van der Waals surface area contributed by atoms with Crippen LogP contribution in [0.3, 0.4) is 0 Å². The quantitative estimate of drug-likeness (QED) is 0.660. The summed E-state index contributed by atoms with van der Waals surface area (Å²) in [6, 6.07) is 5.31. The third-order valence-electron chi connectivity index (χ3n) is 4.15. The van der Waals surface area contributed by atoms with Crippen LogP contribution < -0.4 is 10.1 Å². The second kappa shape index (κ2) is 6.04. The molecule has 0 aliphatic carbocycles. The first-order valence-corrected chi connectivity index (χ1v) is 7.61. The standard InChI is InChI=1S/C17H20N2O4/c1-19-9-3-8-17(11-19)18-16(21)13-10-12(4-6-14(13)23-17)5-7-15(20)22-2/h4-7,10H,3,8-9,11H2,1-2H3,(H,18,21)/b7-5+. The maximum absolute atomic E-state index is 12.5. The van der Waals surface area contributed by atoms with Gasteiger partial charge in [0.25, 0.3) is 5.91 Å². The number of methoxy groups -OCH3 is 1. The van der Waals surface area contributed by atoms with E-state index in [2.05, 4.69) is 15.0 Å². The van der Waals surface area contributed by atoms with Gasteiger partial charge in [-0.25, -0.2) is 4.79 Å². The van der Waals surface area contributed by atoms with Gasteiger partial charge in [0.15, 0.2) is 5.72 Å². The monoisotopic (exact) mass is 316 g/mol. The van der Waals surface area contributed by atoms with Crippen LogP contribution in [0.1, 0.15) is 28.8 Å². The van der Waals surface area contributed by atoms with Gasteiger partial charge in [-0.3, -0.25) is 4.79 Å². The maximum atomic E-state index is 12.5. The Bertz CT molecular complexity index is 671. The summed E-state index contributed by atoms with van der Waals surface area (Å²) in [6.45, 7) is 1.67. The zero-order valence-corrected chi connectivity index (χ0v) is 13.3. The molecule has 3 rings (SSSR count). The Morgan fingerprint density at radius 2 is 2.30 bits per heavy atom. The van der Waals surface area contributed by atoms with Crippen molar-refractivity contribution in [3.63, 3.8) is 0 Å². The number of nitrogens with one attached hydrogen (secondary N) is 1. The molecule has 0 radical (unpaired) electrons. The number of carbonyl (C=O) groups excluding carboxylic acids is 2. The van der Waals surface area contributed by atoms with Crippen molar-refractivity contribution in [3.8, 4) is 5.75 Å². The molecule has 1 aromatic carbocycles. The lowest BCUT2D eigenvalue weighted by molar-refractivity contribution is -0.134. The fourth-order valence-corrected chi connectivity index (χ4v) is 3.07. The molecular weight excluding hydrogens is 296 g/mol. The van der Waals surface area contributed by atoms with Gasteiger partial charge in [0.1, 0.15) is 5.75 Å². The van der Waals surface area contributed by atoms with Crippen molar-refractivity contribution >= 4 is 18.0 Å². The van der Waals surface area contributed by atoms with E-state index >= 15 is 0 Å². The molecule has 2 aliphatic heterocycles. The lowest BCUT2D eigenvalue weighted by atomic mass is 9.97. The molecular formula is C17H20N2O4. The second-order valence-corrected chi connectivity index (χ2v) is 6.00. The normalized spacial score (nSPS) is 24.2. The highest BCUT2D eigenvalue weighted by molar-refractivity contribution is 5.99. The summed E-state index contributed by atoms with van der Waals surface area (Å²) in [6.07, 6.45) is 4.71. The first-order chi connectivity index (χ1) is 11.0. The molecule has 23 heavy (non-hydrogen) atoms. The number of hydrogen-bond donors (Lipinski definition) is 1. The van der Waals surface area contributed by atoms with Crippen molar-refractivity contribution in [1.29, 1.82) is 0 Å². The first-order valence-electron chi connectivity index (χ1n) is 7.61. The SMILES string of the molecule is COC(=O)/C=C/c1ccc2c(c1)C(=O)NC1(CCCN(C)C1)O2. The fraction of sp³-hybridized carbons (Fsp3) is 0.412. The summed E-state index contributed by atoms with van der Waals surface area (Å²) >= 11 is 0. The van der Waals surface area contributed by atoms with E-state index in [4.69, 9.17) is 4.74 Å². The predicted molar refractivity (Wildman–Crippen MR) is 85.0 cm³/mol. The third kappa shape index (κ3) is 3.22. The summed E-state index contributed by atoms with van der Waals surface area (Å²) in [4.78, 5) is 25.8. The van der Waals surface area contributed by atoms with Crippen LogP contribution in [0.25, 0.3) is 6.08 Å². The molecule has 1 amide bonds. The molecule has 1 atom stereocenters. The summed E-state index contributed by atoms with van der Waals surface area (Å²) in [5.74, 6) is 0.00162. The van der Waals surface area contributed by atoms with E-state index in [1.165, 1.54) is 13.2 Å². The number of likely N-dealkylation sites (tertiary alicyclic amines) is 1. The van der Waals surface area contributed by atoms with E-state index in [-0.39, 0.29) is 5.91 Å². The molecule has 2 aliphatic rings. The predicted octanol–water partition coefficient (Wildman–Crippen LogP) is 1.42. The Morgan fingerprint density at radius 1 is 1.48 bits per heavy atom. The third-order valence-corrected chi connectivity index (χ3v) is 4.15. The van der Waals surface area contributed by atoms with Crippen LogP contribution >= 0.6 is 0 Å². The van der Waals surface area contributed by atoms with Crippen molar-refractivity contribution in [3.05, 3.63) is 35.4 Å². The smallest absolute Gasteiger partial charge is 0.330 e. The molecule has 1 N–H and O–H groups in total. The summed E-state index contributed by atoms with van der Waals surface area (Å²) in [7, 11) is 3.34. The number of likely N-dealkylation sites (N-methyl/N-ethyl adjacent to an activating group) is 1. The Morgan fingerprint density at radius 3 is 3.04 bits per heavy atom. The van der Waals surface area contributed by atoms with Crippen LogP contribution in [0.2, 0.25) is 0 Å². The molecule has 1 aromatic rings. The van der Waals surface area contributed by atoms with Gasteiger partial charge in [-0.05, 0) is 43.8 Å². The Balaban J connectivity index is 1.85. The van der Waals surface area contributed by atoms with Gasteiger partial charge in [-0.15, -0.1) is 0 Å². The minimum Gasteiger partial charge on any atom is -0.466 e. The van der Waals surface area contributed by atoms with Crippen LogP contribution in [0.4, 0.5) is 0 Å². The number of fused-ring (bicyclic) bond motifs is 1. The number of piperidine rings is 1. The van der Waals surface area contributed by atoms with Crippen molar-refractivity contribution in [2.45, 2.75) is 18.6 Å². The number of hydrogen-bond acceptors (Lipinski definition) is 5. The van der Waals surface area contributed by atoms with E-state index < -0.39 is 11.7 Å². The van der Waals surface area contributed by atoms with Gasteiger partial charge in [-0.2, -0.15) is 0 Å². The Labute approximate surface area is 135 Å². The van der Waals surface area contributed by atoms with E-state index in [0.717, 1.165) is 24.9 Å². The number of nitrogens with zero attached hydrogens (tertiary/aromatic N) is 1. The van der Waals surface area contributed by atoms with Crippen molar-refractivity contribution in [2.24, 2.45) is 0 Å². The van der Waals surface area contributed by atoms with Gasteiger partial charge in [0, 0.05) is 12.5 Å². The zero-order valence-electron chi connectivity index (χ0n) is 13.3. The average molecular weight is 316 g/mol. The highest BCUT2D eigenvalue weighted by atomic mass is 16.5. The van der Waals surface area contributed by atoms with Crippen LogP contribution in [0.15, 0.2) is 24.3 Å². The molecule has 1 saturated heterocycles. The van der Waals surface area contributed by atoms with Crippen LogP contribution in [-0.4, -0.2) is 49.7 Å². The fourth-order valence-electron chi connectivity index (χ4n) is 3.07. The molecule has 6 nitrogen and oxygen atoms in total. The molecule has 0 saturated carbocycles. The van der Waals surface area contributed by atoms with E-state index in [9.17, 15) is 9.59 Å². The largest absolute Gasteiger partial charge is 0.466 e. The molecule has 1 unspecified atom stereocenters. The average Bonchev–Trinajstić information content (AvgIpc) is 2.52. The van der Waals surface area contributed by atoms with Gasteiger partial charge in [-0.1, -0.05) is 6.07 Å². The van der Waals surface area contributed by atoms with Gasteiger partial charge in [0.05, 0.1) is 19.2 Å². The molecule has 1 spiro atoms. The van der Waals surface area contributed by atoms with Crippen molar-refractivity contribution < 1.29 is 19.1 Å². The molecule has 0 aromatic heterocycles. The van der Waals surface area contributed by atoms with Gasteiger partial charge < -0.3 is 19.7 Å². The van der Waals surface area contributed by atoms with Gasteiger partial charge >= 0.3 is 5.97 Å². The highest BCUT2D eigenvalue weighted by Gasteiger charge is 2.42. The Hall–Kier alpha value is -2.34. The molecule has 0 bridgehead atoms. The first kappa shape index (κ1) is 15.6. The van der Waals surface area contributed by atoms with Crippen molar-refractivity contribution in [2.75, 3.05) is 27.2 Å². The topological polar surface area (TPSA) is 67.9 Å². The minimum absolute atomic E-state index is 0.144. The zero-order chi connectivity index (χ0) is 16.4. The summed E-state index contributed by atoms with van der Waals surface area (Å²) in [5, 5.41) is 3.00. The molecule has 6 heteroatoms. The Kier molecular flexibility index (Phi) is 4.09. The lowest BCUT2D eigenvalue weighted by Crippen LogP contribution is -2.63. The minimum atomic E-state index is -0.638. The van der Waals surface area contributed by atoms with Crippen LogP contribution in [0.5, 0.6) is 5.75 Å². The molecule has 2 heterocycles. The van der Waals surface area contributed by atoms with E-state index in [1.54, 1.807) is 18.2 Å². The molecule has 1 fully saturated rings. The number of carbonyl (C=O) groups is 2. The number of rotatable bonds is 2. The van der Waals surface area contributed by atoms with Crippen LogP contribution in [0, 0.1) is 0 Å². The summed E-state index contributed by atoms with van der Waals surface area (Å²) < 4.78 is 10.7. The number of esters is 1. The second-order valence-electron chi connectivity index (χ2n) is 6.00. The van der Waals surface area contributed by atoms with Crippen LogP contribution in [-0.2, 0) is 9.53 Å². The maximum Gasteiger partial charge on any atom is 0.330 e. The van der Waals surface area contributed by atoms with Crippen molar-refractivity contribution in [1.82, 2.24) is 10.2 Å². The highest BCUT2D eigenvalue weighted by Crippen LogP contribution is 2.33. The van der Waals surface area contributed by atoms with Gasteiger partial charge in [0.2, 0.25) is 0 Å². The lowest BCUT2D eigenvalue weighted by Gasteiger charge is -2.44. The molecule has 122 valence electrons.